The quantitative estimate of drug-likeness (QED) is 0.919. The van der Waals surface area contributed by atoms with Crippen molar-refractivity contribution in [1.29, 1.82) is 0 Å². The van der Waals surface area contributed by atoms with Crippen LogP contribution in [0.2, 0.25) is 5.02 Å². The highest BCUT2D eigenvalue weighted by molar-refractivity contribution is 6.33. The Kier molecular flexibility index (Phi) is 4.20. The second kappa shape index (κ2) is 5.54. The third-order valence-corrected chi connectivity index (χ3v) is 3.29. The molecule has 0 bridgehead atoms. The third-order valence-electron chi connectivity index (χ3n) is 3.01. The standard InChI is InChI=1S/C12H14ClF3N2O/c1-2-19-9-4-8(5-9)18-11-10(13)3-7(6-17-11)12(14,15)16/h3,6,8-9H,2,4-5H2,1H3,(H,17,18). The molecule has 1 aromatic heterocycles. The van der Waals surface area contributed by atoms with Crippen molar-refractivity contribution in [1.82, 2.24) is 4.98 Å². The third kappa shape index (κ3) is 3.51. The molecule has 1 heterocycles. The summed E-state index contributed by atoms with van der Waals surface area (Å²) in [5.74, 6) is 0.287. The zero-order valence-electron chi connectivity index (χ0n) is 10.3. The molecule has 3 nitrogen and oxygen atoms in total. The number of aromatic nitrogens is 1. The van der Waals surface area contributed by atoms with Crippen molar-refractivity contribution in [3.05, 3.63) is 22.8 Å². The van der Waals surface area contributed by atoms with E-state index in [0.717, 1.165) is 25.1 Å². The molecule has 1 N–H and O–H groups in total. The Labute approximate surface area is 114 Å². The van der Waals surface area contributed by atoms with E-state index in [2.05, 4.69) is 10.3 Å². The Hall–Kier alpha value is -1.01. The number of anilines is 1. The van der Waals surface area contributed by atoms with Crippen LogP contribution in [0, 0.1) is 0 Å². The number of rotatable bonds is 4. The van der Waals surface area contributed by atoms with Gasteiger partial charge in [0, 0.05) is 18.8 Å². The number of ether oxygens (including phenoxy) is 1. The summed E-state index contributed by atoms with van der Waals surface area (Å²) in [4.78, 5) is 3.73. The molecule has 19 heavy (non-hydrogen) atoms. The van der Waals surface area contributed by atoms with Gasteiger partial charge in [0.25, 0.3) is 0 Å². The molecule has 1 aromatic rings. The lowest BCUT2D eigenvalue weighted by molar-refractivity contribution is -0.137. The SMILES string of the molecule is CCOC1CC(Nc2ncc(C(F)(F)F)cc2Cl)C1. The molecule has 1 fully saturated rings. The Morgan fingerprint density at radius 1 is 1.47 bits per heavy atom. The molecule has 0 spiro atoms. The van der Waals surface area contributed by atoms with Crippen molar-refractivity contribution < 1.29 is 17.9 Å². The van der Waals surface area contributed by atoms with E-state index in [1.165, 1.54) is 0 Å². The molecule has 0 aliphatic heterocycles. The van der Waals surface area contributed by atoms with E-state index in [-0.39, 0.29) is 23.0 Å². The maximum absolute atomic E-state index is 12.4. The van der Waals surface area contributed by atoms with Crippen LogP contribution in [-0.2, 0) is 10.9 Å². The minimum Gasteiger partial charge on any atom is -0.378 e. The molecule has 0 aromatic carbocycles. The summed E-state index contributed by atoms with van der Waals surface area (Å²) in [5.41, 5.74) is -0.844. The highest BCUT2D eigenvalue weighted by atomic mass is 35.5. The summed E-state index contributed by atoms with van der Waals surface area (Å²) in [6, 6.07) is 1.04. The van der Waals surface area contributed by atoms with Gasteiger partial charge in [0.2, 0.25) is 0 Å². The van der Waals surface area contributed by atoms with E-state index in [4.69, 9.17) is 16.3 Å². The van der Waals surface area contributed by atoms with Gasteiger partial charge < -0.3 is 10.1 Å². The maximum atomic E-state index is 12.4. The summed E-state index contributed by atoms with van der Waals surface area (Å²) in [7, 11) is 0. The number of nitrogens with zero attached hydrogens (tertiary/aromatic N) is 1. The molecule has 106 valence electrons. The molecule has 2 rings (SSSR count). The summed E-state index contributed by atoms with van der Waals surface area (Å²) >= 11 is 5.80. The van der Waals surface area contributed by atoms with Gasteiger partial charge in [-0.25, -0.2) is 4.98 Å². The zero-order chi connectivity index (χ0) is 14.0. The molecule has 1 aliphatic carbocycles. The summed E-state index contributed by atoms with van der Waals surface area (Å²) in [5, 5.41) is 3.00. The number of alkyl halides is 3. The minimum atomic E-state index is -4.42. The van der Waals surface area contributed by atoms with Crippen molar-refractivity contribution in [2.24, 2.45) is 0 Å². The van der Waals surface area contributed by atoms with Gasteiger partial charge in [-0.3, -0.25) is 0 Å². The highest BCUT2D eigenvalue weighted by Crippen LogP contribution is 2.34. The van der Waals surface area contributed by atoms with Gasteiger partial charge >= 0.3 is 6.18 Å². The fraction of sp³-hybridized carbons (Fsp3) is 0.583. The predicted molar refractivity (Wildman–Crippen MR) is 66.3 cm³/mol. The summed E-state index contributed by atoms with van der Waals surface area (Å²) < 4.78 is 42.7. The van der Waals surface area contributed by atoms with Crippen molar-refractivity contribution in [2.45, 2.75) is 38.1 Å². The summed E-state index contributed by atoms with van der Waals surface area (Å²) in [6.07, 6.45) is -1.80. The van der Waals surface area contributed by atoms with Gasteiger partial charge in [-0.05, 0) is 25.8 Å². The van der Waals surface area contributed by atoms with Crippen molar-refractivity contribution in [3.8, 4) is 0 Å². The number of hydrogen-bond donors (Lipinski definition) is 1. The van der Waals surface area contributed by atoms with E-state index >= 15 is 0 Å². The van der Waals surface area contributed by atoms with Gasteiger partial charge in [-0.15, -0.1) is 0 Å². The fourth-order valence-electron chi connectivity index (χ4n) is 1.95. The molecular weight excluding hydrogens is 281 g/mol. The maximum Gasteiger partial charge on any atom is 0.417 e. The normalized spacial score (nSPS) is 23.0. The molecule has 0 radical (unpaired) electrons. The summed E-state index contributed by atoms with van der Waals surface area (Å²) in [6.45, 7) is 2.59. The first kappa shape index (κ1) is 14.4. The van der Waals surface area contributed by atoms with Crippen LogP contribution >= 0.6 is 11.6 Å². The Bertz CT molecular complexity index is 447. The average molecular weight is 295 g/mol. The van der Waals surface area contributed by atoms with Gasteiger partial charge in [-0.1, -0.05) is 11.6 Å². The van der Waals surface area contributed by atoms with Gasteiger partial charge in [0.05, 0.1) is 16.7 Å². The van der Waals surface area contributed by atoms with Crippen LogP contribution in [0.15, 0.2) is 12.3 Å². The van der Waals surface area contributed by atoms with Crippen LogP contribution < -0.4 is 5.32 Å². The van der Waals surface area contributed by atoms with Crippen LogP contribution in [-0.4, -0.2) is 23.7 Å². The smallest absolute Gasteiger partial charge is 0.378 e. The van der Waals surface area contributed by atoms with Crippen molar-refractivity contribution in [2.75, 3.05) is 11.9 Å². The largest absolute Gasteiger partial charge is 0.417 e. The number of pyridine rings is 1. The van der Waals surface area contributed by atoms with Crippen LogP contribution in [0.3, 0.4) is 0 Å². The molecule has 0 unspecified atom stereocenters. The molecule has 1 saturated carbocycles. The zero-order valence-corrected chi connectivity index (χ0v) is 11.1. The fourth-order valence-corrected chi connectivity index (χ4v) is 2.17. The van der Waals surface area contributed by atoms with E-state index in [1.54, 1.807) is 0 Å². The van der Waals surface area contributed by atoms with E-state index < -0.39 is 11.7 Å². The van der Waals surface area contributed by atoms with Crippen molar-refractivity contribution in [3.63, 3.8) is 0 Å². The second-order valence-corrected chi connectivity index (χ2v) is 4.85. The Balaban J connectivity index is 1.96. The van der Waals surface area contributed by atoms with E-state index in [1.807, 2.05) is 6.92 Å². The van der Waals surface area contributed by atoms with Gasteiger partial charge in [0.15, 0.2) is 0 Å². The average Bonchev–Trinajstić information content (AvgIpc) is 2.27. The Morgan fingerprint density at radius 3 is 2.68 bits per heavy atom. The Morgan fingerprint density at radius 2 is 2.16 bits per heavy atom. The molecule has 7 heteroatoms. The monoisotopic (exact) mass is 294 g/mol. The first-order valence-corrected chi connectivity index (χ1v) is 6.38. The predicted octanol–water partition coefficient (Wildman–Crippen LogP) is 3.73. The lowest BCUT2D eigenvalue weighted by atomic mass is 9.89. The van der Waals surface area contributed by atoms with Crippen LogP contribution in [0.4, 0.5) is 19.0 Å². The lowest BCUT2D eigenvalue weighted by Gasteiger charge is -2.35. The van der Waals surface area contributed by atoms with E-state index in [0.29, 0.717) is 6.61 Å². The molecule has 1 aliphatic rings. The number of halogens is 4. The van der Waals surface area contributed by atoms with Crippen LogP contribution in [0.5, 0.6) is 0 Å². The minimum absolute atomic E-state index is 0.0188. The number of hydrogen-bond acceptors (Lipinski definition) is 3. The van der Waals surface area contributed by atoms with Crippen LogP contribution in [0.1, 0.15) is 25.3 Å². The lowest BCUT2D eigenvalue weighted by Crippen LogP contribution is -2.41. The molecule has 0 atom stereocenters. The molecule has 0 amide bonds. The molecule has 0 saturated heterocycles. The highest BCUT2D eigenvalue weighted by Gasteiger charge is 2.33. The first-order valence-electron chi connectivity index (χ1n) is 6.01. The second-order valence-electron chi connectivity index (χ2n) is 4.44. The topological polar surface area (TPSA) is 34.1 Å². The van der Waals surface area contributed by atoms with Gasteiger partial charge in [-0.2, -0.15) is 13.2 Å². The first-order chi connectivity index (χ1) is 8.90. The van der Waals surface area contributed by atoms with E-state index in [9.17, 15) is 13.2 Å². The van der Waals surface area contributed by atoms with Crippen LogP contribution in [0.25, 0.3) is 0 Å². The van der Waals surface area contributed by atoms with Crippen molar-refractivity contribution >= 4 is 17.4 Å². The van der Waals surface area contributed by atoms with Gasteiger partial charge in [0.1, 0.15) is 5.82 Å². The number of nitrogens with one attached hydrogen (secondary N) is 1. The molecular formula is C12H14ClF3N2O.